The number of carbonyl (C=O) groups excluding carboxylic acids is 1. The zero-order valence-corrected chi connectivity index (χ0v) is 11.8. The van der Waals surface area contributed by atoms with Crippen LogP contribution < -0.4 is 0 Å². The number of rotatable bonds is 7. The van der Waals surface area contributed by atoms with Crippen LogP contribution in [0.25, 0.3) is 0 Å². The van der Waals surface area contributed by atoms with Crippen molar-refractivity contribution in [1.82, 2.24) is 0 Å². The maximum absolute atomic E-state index is 12.9. The van der Waals surface area contributed by atoms with Crippen LogP contribution in [0.3, 0.4) is 0 Å². The summed E-state index contributed by atoms with van der Waals surface area (Å²) >= 11 is 1.35. The van der Waals surface area contributed by atoms with Crippen LogP contribution >= 0.6 is 11.8 Å². The molecule has 0 saturated heterocycles. The predicted molar refractivity (Wildman–Crippen MR) is 67.6 cm³/mol. The first-order chi connectivity index (χ1) is 7.66. The molecule has 0 aliphatic rings. The fourth-order valence-electron chi connectivity index (χ4n) is 1.14. The lowest BCUT2D eigenvalue weighted by molar-refractivity contribution is -0.151. The van der Waals surface area contributed by atoms with Gasteiger partial charge in [-0.1, -0.05) is 6.92 Å². The lowest BCUT2D eigenvalue weighted by Crippen LogP contribution is -2.25. The van der Waals surface area contributed by atoms with Gasteiger partial charge in [0, 0.05) is 12.8 Å². The monoisotopic (exact) mass is 268 g/mol. The maximum atomic E-state index is 12.9. The van der Waals surface area contributed by atoms with Crippen molar-refractivity contribution < 1.29 is 18.3 Å². The van der Waals surface area contributed by atoms with E-state index in [-0.39, 0.29) is 24.6 Å². The molecule has 0 saturated carbocycles. The van der Waals surface area contributed by atoms with Gasteiger partial charge in [-0.25, -0.2) is 8.78 Å². The quantitative estimate of drug-likeness (QED) is 0.517. The summed E-state index contributed by atoms with van der Waals surface area (Å²) in [5.41, 5.74) is -0.479. The number of halogens is 2. The van der Waals surface area contributed by atoms with E-state index in [2.05, 4.69) is 0 Å². The van der Waals surface area contributed by atoms with Gasteiger partial charge in [0.15, 0.2) is 0 Å². The van der Waals surface area contributed by atoms with Gasteiger partial charge in [-0.05, 0) is 32.9 Å². The fraction of sp³-hybridized carbons (Fsp3) is 0.917. The third kappa shape index (κ3) is 10.5. The summed E-state index contributed by atoms with van der Waals surface area (Å²) in [6.45, 7) is 6.89. The summed E-state index contributed by atoms with van der Waals surface area (Å²) < 4.78 is 30.8. The van der Waals surface area contributed by atoms with Gasteiger partial charge in [-0.15, -0.1) is 0 Å². The molecule has 0 aromatic heterocycles. The third-order valence-electron chi connectivity index (χ3n) is 1.99. The van der Waals surface area contributed by atoms with Crippen molar-refractivity contribution >= 4 is 17.7 Å². The van der Waals surface area contributed by atoms with E-state index >= 15 is 0 Å². The summed E-state index contributed by atoms with van der Waals surface area (Å²) in [5, 5.41) is 0. The van der Waals surface area contributed by atoms with Crippen molar-refractivity contribution in [3.8, 4) is 0 Å². The Morgan fingerprint density at radius 1 is 1.29 bits per heavy atom. The Morgan fingerprint density at radius 2 is 1.88 bits per heavy atom. The van der Waals surface area contributed by atoms with E-state index in [1.54, 1.807) is 20.8 Å². The Hall–Kier alpha value is -0.320. The first kappa shape index (κ1) is 16.7. The van der Waals surface area contributed by atoms with E-state index in [1.807, 2.05) is 0 Å². The zero-order chi connectivity index (χ0) is 13.5. The Labute approximate surface area is 106 Å². The number of thioether (sulfide) groups is 1. The molecule has 0 radical (unpaired) electrons. The molecule has 0 amide bonds. The van der Waals surface area contributed by atoms with Gasteiger partial charge in [-0.3, -0.25) is 4.79 Å². The minimum atomic E-state index is -2.56. The number of carbonyl (C=O) groups is 1. The predicted octanol–water partition coefficient (Wildman–Crippen LogP) is 3.89. The maximum Gasteiger partial charge on any atom is 0.316 e. The van der Waals surface area contributed by atoms with Crippen LogP contribution in [-0.4, -0.2) is 29.0 Å². The molecule has 0 aromatic carbocycles. The molecule has 0 unspecified atom stereocenters. The second kappa shape index (κ2) is 7.19. The summed E-state index contributed by atoms with van der Waals surface area (Å²) in [5.74, 6) is -2.05. The molecule has 5 heteroatoms. The summed E-state index contributed by atoms with van der Waals surface area (Å²) in [6, 6.07) is 0. The lowest BCUT2D eigenvalue weighted by atomic mass is 10.1. The van der Waals surface area contributed by atoms with Crippen molar-refractivity contribution in [3.05, 3.63) is 0 Å². The largest absolute Gasteiger partial charge is 0.459 e. The second-order valence-electron chi connectivity index (χ2n) is 4.95. The van der Waals surface area contributed by atoms with E-state index in [9.17, 15) is 13.6 Å². The zero-order valence-electron chi connectivity index (χ0n) is 11.0. The van der Waals surface area contributed by atoms with Crippen LogP contribution in [0, 0.1) is 0 Å². The molecule has 0 fully saturated rings. The van der Waals surface area contributed by atoms with Crippen molar-refractivity contribution in [2.75, 3.05) is 11.5 Å². The lowest BCUT2D eigenvalue weighted by Gasteiger charge is -2.19. The molecule has 0 N–H and O–H groups in total. The highest BCUT2D eigenvalue weighted by molar-refractivity contribution is 7.99. The van der Waals surface area contributed by atoms with Crippen LogP contribution in [0.5, 0.6) is 0 Å². The molecular formula is C12H22F2O2S. The standard InChI is InChI=1S/C12H22F2O2S/c1-5-12(13,14)7-6-8-17-9-10(15)16-11(2,3)4/h5-9H2,1-4H3. The SMILES string of the molecule is CCC(F)(F)CCCSCC(=O)OC(C)(C)C. The molecule has 0 heterocycles. The Bertz CT molecular complexity index is 237. The average Bonchev–Trinajstić information content (AvgIpc) is 2.14. The van der Waals surface area contributed by atoms with Crippen LogP contribution in [0.4, 0.5) is 8.78 Å². The van der Waals surface area contributed by atoms with Gasteiger partial charge in [-0.2, -0.15) is 11.8 Å². The van der Waals surface area contributed by atoms with Gasteiger partial charge in [0.05, 0.1) is 5.75 Å². The van der Waals surface area contributed by atoms with Gasteiger partial charge >= 0.3 is 5.97 Å². The van der Waals surface area contributed by atoms with Gasteiger partial charge in [0.2, 0.25) is 5.92 Å². The van der Waals surface area contributed by atoms with E-state index in [1.165, 1.54) is 18.7 Å². The number of alkyl halides is 2. The molecule has 17 heavy (non-hydrogen) atoms. The highest BCUT2D eigenvalue weighted by atomic mass is 32.2. The molecule has 0 aliphatic heterocycles. The van der Waals surface area contributed by atoms with Crippen molar-refractivity contribution in [2.45, 2.75) is 58.5 Å². The molecule has 0 spiro atoms. The summed E-state index contributed by atoms with van der Waals surface area (Å²) in [6.07, 6.45) is 0.197. The second-order valence-corrected chi connectivity index (χ2v) is 6.06. The number of hydrogen-bond donors (Lipinski definition) is 0. The highest BCUT2D eigenvalue weighted by Gasteiger charge is 2.25. The van der Waals surface area contributed by atoms with E-state index < -0.39 is 11.5 Å². The van der Waals surface area contributed by atoms with Gasteiger partial charge < -0.3 is 4.74 Å². The van der Waals surface area contributed by atoms with E-state index in [0.29, 0.717) is 12.2 Å². The minimum Gasteiger partial charge on any atom is -0.459 e. The molecule has 0 rings (SSSR count). The van der Waals surface area contributed by atoms with Gasteiger partial charge in [0.25, 0.3) is 0 Å². The topological polar surface area (TPSA) is 26.3 Å². The molecule has 102 valence electrons. The van der Waals surface area contributed by atoms with Crippen molar-refractivity contribution in [3.63, 3.8) is 0 Å². The Balaban J connectivity index is 3.56. The van der Waals surface area contributed by atoms with E-state index in [0.717, 1.165) is 0 Å². The van der Waals surface area contributed by atoms with Crippen molar-refractivity contribution in [2.24, 2.45) is 0 Å². The first-order valence-corrected chi connectivity index (χ1v) is 6.99. The van der Waals surface area contributed by atoms with Crippen LogP contribution in [-0.2, 0) is 9.53 Å². The Morgan fingerprint density at radius 3 is 2.35 bits per heavy atom. The number of ether oxygens (including phenoxy) is 1. The Kier molecular flexibility index (Phi) is 7.05. The average molecular weight is 268 g/mol. The normalized spacial score (nSPS) is 12.6. The third-order valence-corrected chi connectivity index (χ3v) is 3.01. The minimum absolute atomic E-state index is 0.106. The van der Waals surface area contributed by atoms with Crippen LogP contribution in [0.1, 0.15) is 47.0 Å². The molecule has 2 nitrogen and oxygen atoms in total. The smallest absolute Gasteiger partial charge is 0.316 e. The van der Waals surface area contributed by atoms with E-state index in [4.69, 9.17) is 4.74 Å². The molecule has 0 bridgehead atoms. The summed E-state index contributed by atoms with van der Waals surface area (Å²) in [7, 11) is 0. The molecule has 0 atom stereocenters. The number of hydrogen-bond acceptors (Lipinski definition) is 3. The van der Waals surface area contributed by atoms with Crippen molar-refractivity contribution in [1.29, 1.82) is 0 Å². The highest BCUT2D eigenvalue weighted by Crippen LogP contribution is 2.24. The van der Waals surface area contributed by atoms with Crippen LogP contribution in [0.15, 0.2) is 0 Å². The number of esters is 1. The summed E-state index contributed by atoms with van der Waals surface area (Å²) in [4.78, 5) is 11.3. The molecule has 0 aliphatic carbocycles. The molecular weight excluding hydrogens is 246 g/mol. The fourth-order valence-corrected chi connectivity index (χ4v) is 1.85. The van der Waals surface area contributed by atoms with Crippen LogP contribution in [0.2, 0.25) is 0 Å². The first-order valence-electron chi connectivity index (χ1n) is 5.84. The molecule has 0 aromatic rings. The van der Waals surface area contributed by atoms with Gasteiger partial charge in [0.1, 0.15) is 5.60 Å².